The molecule has 1 saturated heterocycles. The zero-order valence-corrected chi connectivity index (χ0v) is 17.5. The number of carboxylic acids is 1. The maximum Gasteiger partial charge on any atom is 0.306 e. The van der Waals surface area contributed by atoms with E-state index in [1.807, 2.05) is 18.3 Å². The van der Waals surface area contributed by atoms with E-state index in [2.05, 4.69) is 11.0 Å². The third kappa shape index (κ3) is 4.56. The smallest absolute Gasteiger partial charge is 0.306 e. The molecule has 1 aromatic carbocycles. The topological polar surface area (TPSA) is 84.8 Å². The second-order valence-corrected chi connectivity index (χ2v) is 8.00. The van der Waals surface area contributed by atoms with Crippen molar-refractivity contribution in [3.05, 3.63) is 35.7 Å². The van der Waals surface area contributed by atoms with Gasteiger partial charge in [0.2, 0.25) is 0 Å². The van der Waals surface area contributed by atoms with Gasteiger partial charge >= 0.3 is 5.97 Å². The summed E-state index contributed by atoms with van der Waals surface area (Å²) in [6.07, 6.45) is 6.89. The zero-order chi connectivity index (χ0) is 20.9. The van der Waals surface area contributed by atoms with Gasteiger partial charge in [-0.15, -0.1) is 0 Å². The third-order valence-electron chi connectivity index (χ3n) is 5.94. The highest BCUT2D eigenvalue weighted by atomic mass is 16.5. The minimum atomic E-state index is -0.702. The van der Waals surface area contributed by atoms with Gasteiger partial charge in [0, 0.05) is 45.0 Å². The highest BCUT2D eigenvalue weighted by Crippen LogP contribution is 2.35. The fourth-order valence-electron chi connectivity index (χ4n) is 4.18. The van der Waals surface area contributed by atoms with Crippen molar-refractivity contribution in [1.29, 1.82) is 0 Å². The number of ether oxygens (including phenoxy) is 2. The van der Waals surface area contributed by atoms with Crippen molar-refractivity contribution >= 4 is 11.8 Å². The number of fused-ring (bicyclic) bond motifs is 1. The summed E-state index contributed by atoms with van der Waals surface area (Å²) < 4.78 is 10.8. The second-order valence-electron chi connectivity index (χ2n) is 8.00. The van der Waals surface area contributed by atoms with Crippen molar-refractivity contribution < 1.29 is 19.4 Å². The SMILES string of the molecule is COCCCCc1cnc(-c2ccc3c(c2)CCO3)c(N2CCC(C(=O)O)CC2)n1. The number of hydrogen-bond donors (Lipinski definition) is 1. The Morgan fingerprint density at radius 3 is 2.90 bits per heavy atom. The Morgan fingerprint density at radius 2 is 2.13 bits per heavy atom. The lowest BCUT2D eigenvalue weighted by molar-refractivity contribution is -0.142. The number of carboxylic acid groups (broad SMARTS) is 1. The molecule has 0 aliphatic carbocycles. The van der Waals surface area contributed by atoms with Crippen LogP contribution in [0.15, 0.2) is 24.4 Å². The normalized spacial score (nSPS) is 16.4. The Morgan fingerprint density at radius 1 is 1.30 bits per heavy atom. The number of anilines is 1. The van der Waals surface area contributed by atoms with Crippen LogP contribution in [-0.4, -0.2) is 54.5 Å². The molecule has 160 valence electrons. The molecule has 2 aliphatic heterocycles. The van der Waals surface area contributed by atoms with Crippen LogP contribution < -0.4 is 9.64 Å². The standard InChI is InChI=1S/C23H29N3O4/c1-29-12-3-2-4-19-15-24-21(18-5-6-20-17(14-18)9-13-30-20)22(25-19)26-10-7-16(8-11-26)23(27)28/h5-6,14-16H,2-4,7-13H2,1H3,(H,27,28). The lowest BCUT2D eigenvalue weighted by atomic mass is 9.96. The highest BCUT2D eigenvalue weighted by molar-refractivity contribution is 5.74. The first-order valence-corrected chi connectivity index (χ1v) is 10.7. The molecule has 30 heavy (non-hydrogen) atoms. The first-order valence-electron chi connectivity index (χ1n) is 10.7. The van der Waals surface area contributed by atoms with Crippen molar-refractivity contribution in [2.24, 2.45) is 5.92 Å². The molecule has 3 heterocycles. The average molecular weight is 412 g/mol. The van der Waals surface area contributed by atoms with Gasteiger partial charge in [0.1, 0.15) is 11.4 Å². The summed E-state index contributed by atoms with van der Waals surface area (Å²) in [6, 6.07) is 6.20. The Balaban J connectivity index is 1.61. The number of rotatable bonds is 8. The largest absolute Gasteiger partial charge is 0.493 e. The van der Waals surface area contributed by atoms with Crippen molar-refractivity contribution in [2.45, 2.75) is 38.5 Å². The number of piperidine rings is 1. The van der Waals surface area contributed by atoms with E-state index in [0.29, 0.717) is 25.9 Å². The highest BCUT2D eigenvalue weighted by Gasteiger charge is 2.27. The van der Waals surface area contributed by atoms with Crippen LogP contribution >= 0.6 is 0 Å². The minimum Gasteiger partial charge on any atom is -0.493 e. The predicted octanol–water partition coefficient (Wildman–Crippen LogP) is 3.35. The monoisotopic (exact) mass is 411 g/mol. The van der Waals surface area contributed by atoms with Crippen LogP contribution in [0.5, 0.6) is 5.75 Å². The summed E-state index contributed by atoms with van der Waals surface area (Å²) in [5, 5.41) is 9.33. The molecule has 0 radical (unpaired) electrons. The number of carbonyl (C=O) groups is 1. The molecule has 0 spiro atoms. The van der Waals surface area contributed by atoms with Crippen LogP contribution in [0.1, 0.15) is 36.9 Å². The van der Waals surface area contributed by atoms with Gasteiger partial charge in [0.25, 0.3) is 0 Å². The number of aliphatic carboxylic acids is 1. The maximum atomic E-state index is 11.4. The number of aromatic nitrogens is 2. The molecule has 7 heteroatoms. The number of methoxy groups -OCH3 is 1. The maximum absolute atomic E-state index is 11.4. The Hall–Kier alpha value is -2.67. The van der Waals surface area contributed by atoms with Crippen molar-refractivity contribution in [2.75, 3.05) is 38.3 Å². The average Bonchev–Trinajstić information content (AvgIpc) is 3.24. The Bertz CT molecular complexity index is 894. The summed E-state index contributed by atoms with van der Waals surface area (Å²) in [5.41, 5.74) is 4.07. The second kappa shape index (κ2) is 9.43. The summed E-state index contributed by atoms with van der Waals surface area (Å²) in [5.74, 6) is 0.839. The number of aryl methyl sites for hydroxylation is 1. The molecule has 2 aliphatic rings. The fourth-order valence-corrected chi connectivity index (χ4v) is 4.18. The van der Waals surface area contributed by atoms with Crippen LogP contribution in [0.25, 0.3) is 11.3 Å². The Labute approximate surface area is 177 Å². The van der Waals surface area contributed by atoms with E-state index in [4.69, 9.17) is 19.4 Å². The van der Waals surface area contributed by atoms with Crippen LogP contribution in [-0.2, 0) is 22.4 Å². The lowest BCUT2D eigenvalue weighted by Gasteiger charge is -2.32. The lowest BCUT2D eigenvalue weighted by Crippen LogP contribution is -2.37. The molecule has 0 saturated carbocycles. The van der Waals surface area contributed by atoms with E-state index in [0.717, 1.165) is 67.4 Å². The molecule has 1 aromatic heterocycles. The molecule has 1 fully saturated rings. The minimum absolute atomic E-state index is 0.271. The van der Waals surface area contributed by atoms with Gasteiger partial charge in [0.15, 0.2) is 5.82 Å². The summed E-state index contributed by atoms with van der Waals surface area (Å²) in [7, 11) is 1.72. The van der Waals surface area contributed by atoms with Crippen LogP contribution in [0.4, 0.5) is 5.82 Å². The fraction of sp³-hybridized carbons (Fsp3) is 0.522. The molecular formula is C23H29N3O4. The van der Waals surface area contributed by atoms with Gasteiger partial charge in [0.05, 0.1) is 18.2 Å². The molecule has 0 amide bonds. The third-order valence-corrected chi connectivity index (χ3v) is 5.94. The first kappa shape index (κ1) is 20.6. The number of unbranched alkanes of at least 4 members (excludes halogenated alkanes) is 1. The summed E-state index contributed by atoms with van der Waals surface area (Å²) in [4.78, 5) is 23.3. The Kier molecular flexibility index (Phi) is 6.47. The van der Waals surface area contributed by atoms with E-state index in [9.17, 15) is 9.90 Å². The first-order chi connectivity index (χ1) is 14.7. The van der Waals surface area contributed by atoms with E-state index >= 15 is 0 Å². The zero-order valence-electron chi connectivity index (χ0n) is 17.5. The predicted molar refractivity (Wildman–Crippen MR) is 114 cm³/mol. The van der Waals surface area contributed by atoms with E-state index in [-0.39, 0.29) is 5.92 Å². The van der Waals surface area contributed by atoms with Gasteiger partial charge in [-0.05, 0) is 55.9 Å². The molecule has 1 N–H and O–H groups in total. The van der Waals surface area contributed by atoms with Crippen molar-refractivity contribution in [1.82, 2.24) is 9.97 Å². The summed E-state index contributed by atoms with van der Waals surface area (Å²) >= 11 is 0. The number of nitrogens with zero attached hydrogens (tertiary/aromatic N) is 3. The number of hydrogen-bond acceptors (Lipinski definition) is 6. The molecule has 0 unspecified atom stereocenters. The molecule has 2 aromatic rings. The van der Waals surface area contributed by atoms with E-state index < -0.39 is 5.97 Å². The van der Waals surface area contributed by atoms with Gasteiger partial charge in [-0.3, -0.25) is 9.78 Å². The van der Waals surface area contributed by atoms with Crippen LogP contribution in [0.3, 0.4) is 0 Å². The molecule has 7 nitrogen and oxygen atoms in total. The van der Waals surface area contributed by atoms with Crippen molar-refractivity contribution in [3.63, 3.8) is 0 Å². The molecule has 4 rings (SSSR count). The van der Waals surface area contributed by atoms with Crippen molar-refractivity contribution in [3.8, 4) is 17.0 Å². The van der Waals surface area contributed by atoms with Gasteiger partial charge < -0.3 is 19.5 Å². The molecular weight excluding hydrogens is 382 g/mol. The molecule has 0 atom stereocenters. The molecule has 0 bridgehead atoms. The van der Waals surface area contributed by atoms with E-state index in [1.165, 1.54) is 5.56 Å². The van der Waals surface area contributed by atoms with Crippen LogP contribution in [0, 0.1) is 5.92 Å². The van der Waals surface area contributed by atoms with Crippen LogP contribution in [0.2, 0.25) is 0 Å². The van der Waals surface area contributed by atoms with Gasteiger partial charge in [-0.1, -0.05) is 0 Å². The van der Waals surface area contributed by atoms with Gasteiger partial charge in [-0.25, -0.2) is 4.98 Å². The van der Waals surface area contributed by atoms with E-state index in [1.54, 1.807) is 7.11 Å². The number of benzene rings is 1. The quantitative estimate of drug-likeness (QED) is 0.667. The van der Waals surface area contributed by atoms with Gasteiger partial charge in [-0.2, -0.15) is 0 Å². The summed E-state index contributed by atoms with van der Waals surface area (Å²) in [6.45, 7) is 2.83.